The monoisotopic (exact) mass is 305 g/mol. The number of aromatic carboxylic acids is 2. The van der Waals surface area contributed by atoms with Crippen molar-refractivity contribution in [2.24, 2.45) is 0 Å². The summed E-state index contributed by atoms with van der Waals surface area (Å²) in [6.45, 7) is 1.81. The van der Waals surface area contributed by atoms with Crippen LogP contribution in [0.25, 0.3) is 0 Å². The Morgan fingerprint density at radius 1 is 0.952 bits per heavy atom. The number of carboxylic acids is 2. The highest BCUT2D eigenvalue weighted by Gasteiger charge is 2.15. The van der Waals surface area contributed by atoms with Crippen molar-refractivity contribution in [3.8, 4) is 0 Å². The van der Waals surface area contributed by atoms with E-state index < -0.39 is 11.9 Å². The van der Waals surface area contributed by atoms with Gasteiger partial charge in [-0.25, -0.2) is 9.59 Å². The zero-order valence-electron chi connectivity index (χ0n) is 11.1. The number of hydrogen-bond donors (Lipinski definition) is 3. The molecule has 0 atom stereocenters. The van der Waals surface area contributed by atoms with E-state index in [1.54, 1.807) is 12.1 Å². The molecule has 0 aliphatic heterocycles. The normalized spacial score (nSPS) is 10.2. The third-order valence-electron chi connectivity index (χ3n) is 2.89. The predicted octanol–water partition coefficient (Wildman–Crippen LogP) is 3.79. The van der Waals surface area contributed by atoms with Crippen LogP contribution < -0.4 is 5.32 Å². The minimum absolute atomic E-state index is 0.0113. The van der Waals surface area contributed by atoms with Gasteiger partial charge in [0.2, 0.25) is 0 Å². The van der Waals surface area contributed by atoms with Gasteiger partial charge in [0.25, 0.3) is 0 Å². The van der Waals surface area contributed by atoms with Crippen LogP contribution in [0.4, 0.5) is 11.4 Å². The lowest BCUT2D eigenvalue weighted by atomic mass is 10.1. The first kappa shape index (κ1) is 14.9. The molecule has 0 aromatic heterocycles. The van der Waals surface area contributed by atoms with E-state index in [9.17, 15) is 14.7 Å². The number of hydrogen-bond acceptors (Lipinski definition) is 3. The third kappa shape index (κ3) is 3.32. The summed E-state index contributed by atoms with van der Waals surface area (Å²) in [7, 11) is 0. The maximum atomic E-state index is 11.2. The van der Waals surface area contributed by atoms with E-state index >= 15 is 0 Å². The molecule has 0 saturated heterocycles. The van der Waals surface area contributed by atoms with E-state index in [0.717, 1.165) is 5.56 Å². The van der Waals surface area contributed by atoms with Gasteiger partial charge in [0.05, 0.1) is 22.5 Å². The van der Waals surface area contributed by atoms with Gasteiger partial charge in [-0.2, -0.15) is 0 Å². The zero-order chi connectivity index (χ0) is 15.6. The standard InChI is InChI=1S/C15H12ClNO4/c1-8-2-4-10(14(18)19)12(6-8)17-13-7-9(16)3-5-11(13)15(20)21/h2-7,17H,1H3,(H,18,19)(H,20,21). The fraction of sp³-hybridized carbons (Fsp3) is 0.0667. The first-order chi connectivity index (χ1) is 9.88. The molecule has 0 fully saturated rings. The Morgan fingerprint density at radius 3 is 2.05 bits per heavy atom. The molecule has 0 amide bonds. The van der Waals surface area contributed by atoms with Crippen molar-refractivity contribution in [3.05, 3.63) is 58.1 Å². The molecule has 5 nitrogen and oxygen atoms in total. The molecular weight excluding hydrogens is 294 g/mol. The summed E-state index contributed by atoms with van der Waals surface area (Å²) < 4.78 is 0. The number of nitrogens with one attached hydrogen (secondary N) is 1. The van der Waals surface area contributed by atoms with Crippen LogP contribution in [0.2, 0.25) is 5.02 Å². The Kier molecular flexibility index (Phi) is 4.14. The Labute approximate surface area is 125 Å². The molecular formula is C15H12ClNO4. The maximum absolute atomic E-state index is 11.2. The number of rotatable bonds is 4. The van der Waals surface area contributed by atoms with Gasteiger partial charge < -0.3 is 15.5 Å². The molecule has 3 N–H and O–H groups in total. The largest absolute Gasteiger partial charge is 0.478 e. The molecule has 21 heavy (non-hydrogen) atoms. The summed E-state index contributed by atoms with van der Waals surface area (Å²) in [6.07, 6.45) is 0. The van der Waals surface area contributed by atoms with Crippen LogP contribution in [0.15, 0.2) is 36.4 Å². The molecule has 0 bridgehead atoms. The van der Waals surface area contributed by atoms with Crippen LogP contribution in [0.5, 0.6) is 0 Å². The van der Waals surface area contributed by atoms with Crippen molar-refractivity contribution in [2.45, 2.75) is 6.92 Å². The van der Waals surface area contributed by atoms with E-state index in [1.807, 2.05) is 6.92 Å². The summed E-state index contributed by atoms with van der Waals surface area (Å²) in [6, 6.07) is 9.04. The molecule has 2 rings (SSSR count). The van der Waals surface area contributed by atoms with Gasteiger partial charge in [0, 0.05) is 5.02 Å². The predicted molar refractivity (Wildman–Crippen MR) is 79.8 cm³/mol. The highest BCUT2D eigenvalue weighted by molar-refractivity contribution is 6.31. The van der Waals surface area contributed by atoms with Crippen LogP contribution in [0, 0.1) is 6.92 Å². The fourth-order valence-electron chi connectivity index (χ4n) is 1.90. The van der Waals surface area contributed by atoms with E-state index in [2.05, 4.69) is 5.32 Å². The third-order valence-corrected chi connectivity index (χ3v) is 3.12. The molecule has 0 spiro atoms. The molecule has 0 saturated carbocycles. The van der Waals surface area contributed by atoms with Crippen LogP contribution in [0.3, 0.4) is 0 Å². The second-order valence-electron chi connectivity index (χ2n) is 4.47. The quantitative estimate of drug-likeness (QED) is 0.800. The summed E-state index contributed by atoms with van der Waals surface area (Å²) in [5, 5.41) is 21.5. The lowest BCUT2D eigenvalue weighted by molar-refractivity contribution is 0.0688. The summed E-state index contributed by atoms with van der Waals surface area (Å²) in [4.78, 5) is 22.4. The minimum atomic E-state index is -1.13. The van der Waals surface area contributed by atoms with Gasteiger partial charge >= 0.3 is 11.9 Å². The van der Waals surface area contributed by atoms with Crippen LogP contribution >= 0.6 is 11.6 Å². The van der Waals surface area contributed by atoms with E-state index in [-0.39, 0.29) is 16.8 Å². The van der Waals surface area contributed by atoms with Crippen molar-refractivity contribution >= 4 is 34.9 Å². The molecule has 6 heteroatoms. The smallest absolute Gasteiger partial charge is 0.337 e. The number of carboxylic acid groups (broad SMARTS) is 2. The van der Waals surface area contributed by atoms with Crippen molar-refractivity contribution < 1.29 is 19.8 Å². The molecule has 0 radical (unpaired) electrons. The number of benzene rings is 2. The summed E-state index contributed by atoms with van der Waals surface area (Å²) >= 11 is 5.87. The van der Waals surface area contributed by atoms with E-state index in [1.165, 1.54) is 24.3 Å². The van der Waals surface area contributed by atoms with Gasteiger partial charge in [-0.1, -0.05) is 17.7 Å². The maximum Gasteiger partial charge on any atom is 0.337 e. The first-order valence-electron chi connectivity index (χ1n) is 6.02. The first-order valence-corrected chi connectivity index (χ1v) is 6.40. The fourth-order valence-corrected chi connectivity index (χ4v) is 2.07. The molecule has 0 unspecified atom stereocenters. The van der Waals surface area contributed by atoms with Crippen molar-refractivity contribution in [2.75, 3.05) is 5.32 Å². The number of carbonyl (C=O) groups is 2. The van der Waals surface area contributed by atoms with Gasteiger partial charge in [-0.15, -0.1) is 0 Å². The number of aryl methyl sites for hydroxylation is 1. The number of halogens is 1. The molecule has 108 valence electrons. The second-order valence-corrected chi connectivity index (χ2v) is 4.91. The number of anilines is 2. The lowest BCUT2D eigenvalue weighted by Crippen LogP contribution is -2.06. The summed E-state index contributed by atoms with van der Waals surface area (Å²) in [5.41, 5.74) is 1.46. The molecule has 2 aromatic carbocycles. The van der Waals surface area contributed by atoms with Crippen molar-refractivity contribution in [1.82, 2.24) is 0 Å². The van der Waals surface area contributed by atoms with E-state index in [4.69, 9.17) is 16.7 Å². The molecule has 0 aliphatic rings. The van der Waals surface area contributed by atoms with Gasteiger partial charge in [0.1, 0.15) is 0 Å². The lowest BCUT2D eigenvalue weighted by Gasteiger charge is -2.13. The van der Waals surface area contributed by atoms with Crippen LogP contribution in [0.1, 0.15) is 26.3 Å². The Balaban J connectivity index is 2.52. The SMILES string of the molecule is Cc1ccc(C(=O)O)c(Nc2cc(Cl)ccc2C(=O)O)c1. The molecule has 2 aromatic rings. The van der Waals surface area contributed by atoms with Gasteiger partial charge in [-0.3, -0.25) is 0 Å². The van der Waals surface area contributed by atoms with E-state index in [0.29, 0.717) is 10.7 Å². The average Bonchev–Trinajstić information content (AvgIpc) is 2.38. The molecule has 0 heterocycles. The van der Waals surface area contributed by atoms with Gasteiger partial charge in [0.15, 0.2) is 0 Å². The zero-order valence-corrected chi connectivity index (χ0v) is 11.8. The minimum Gasteiger partial charge on any atom is -0.478 e. The highest BCUT2D eigenvalue weighted by Crippen LogP contribution is 2.27. The topological polar surface area (TPSA) is 86.6 Å². The van der Waals surface area contributed by atoms with Gasteiger partial charge in [-0.05, 0) is 42.8 Å². The molecule has 0 aliphatic carbocycles. The highest BCUT2D eigenvalue weighted by atomic mass is 35.5. The Bertz CT molecular complexity index is 666. The van der Waals surface area contributed by atoms with Crippen LogP contribution in [-0.4, -0.2) is 22.2 Å². The van der Waals surface area contributed by atoms with Crippen LogP contribution in [-0.2, 0) is 0 Å². The summed E-state index contributed by atoms with van der Waals surface area (Å²) in [5.74, 6) is -2.23. The Hall–Kier alpha value is -2.53. The average molecular weight is 306 g/mol. The van der Waals surface area contributed by atoms with Crippen molar-refractivity contribution in [1.29, 1.82) is 0 Å². The van der Waals surface area contributed by atoms with Crippen molar-refractivity contribution in [3.63, 3.8) is 0 Å². The second kappa shape index (κ2) is 5.85. The Morgan fingerprint density at radius 2 is 1.48 bits per heavy atom.